The summed E-state index contributed by atoms with van der Waals surface area (Å²) in [6.07, 6.45) is 1.79. The molecule has 0 atom stereocenters. The van der Waals surface area contributed by atoms with E-state index in [4.69, 9.17) is 0 Å². The van der Waals surface area contributed by atoms with Gasteiger partial charge in [-0.2, -0.15) is 15.3 Å². The Balaban J connectivity index is 0.00000566. The van der Waals surface area contributed by atoms with Crippen LogP contribution in [0.2, 0.25) is 0 Å². The number of anilines is 1. The fraction of sp³-hybridized carbons (Fsp3) is 0.0426. The predicted molar refractivity (Wildman–Crippen MR) is 270 cm³/mol. The van der Waals surface area contributed by atoms with Crippen LogP contribution in [0.15, 0.2) is 163 Å². The van der Waals surface area contributed by atoms with E-state index in [9.17, 15) is 94.6 Å². The Kier molecular flexibility index (Phi) is 30.8. The molecular formula is C47H26Cu2N9Na5O21S5. The van der Waals surface area contributed by atoms with Crippen LogP contribution in [0.25, 0.3) is 39.4 Å². The van der Waals surface area contributed by atoms with Crippen LogP contribution in [-0.4, -0.2) is 86.5 Å². The summed E-state index contributed by atoms with van der Waals surface area (Å²) in [4.78, 5) is 31.6. The molecule has 89 heavy (non-hydrogen) atoms. The first kappa shape index (κ1) is 83.8. The summed E-state index contributed by atoms with van der Waals surface area (Å²) >= 11 is 0. The van der Waals surface area contributed by atoms with Crippen molar-refractivity contribution in [3.05, 3.63) is 136 Å². The molecule has 1 heterocycles. The van der Waals surface area contributed by atoms with Crippen molar-refractivity contribution in [1.82, 2.24) is 9.78 Å². The number of nitrogens with zero attached hydrogens (tertiary/aromatic N) is 8. The summed E-state index contributed by atoms with van der Waals surface area (Å²) in [5.41, 5.74) is -7.16. The zero-order valence-corrected chi connectivity index (χ0v) is 62.2. The van der Waals surface area contributed by atoms with Gasteiger partial charge < -0.3 is 58.1 Å². The number of azo groups is 3. The minimum Gasteiger partial charge on any atom is -0.871 e. The average Bonchev–Trinajstić information content (AvgIpc) is 2.36. The number of aromatic carboxylic acids is 1. The van der Waals surface area contributed by atoms with Crippen LogP contribution in [0.1, 0.15) is 34.1 Å². The van der Waals surface area contributed by atoms with Crippen molar-refractivity contribution in [2.45, 2.75) is 38.3 Å². The zero-order valence-electron chi connectivity index (χ0n) is 46.3. The Morgan fingerprint density at radius 1 is 0.562 bits per heavy atom. The average molecular weight is 1460 g/mol. The number of fused-ring (bicyclic) bond motifs is 2. The molecule has 0 spiro atoms. The molecule has 30 nitrogen and oxygen atoms in total. The first-order valence-corrected chi connectivity index (χ1v) is 29.1. The first-order valence-electron chi connectivity index (χ1n) is 22.1. The third-order valence-corrected chi connectivity index (χ3v) is 15.7. The van der Waals surface area contributed by atoms with E-state index in [-0.39, 0.29) is 221 Å². The van der Waals surface area contributed by atoms with Crippen molar-refractivity contribution in [3.63, 3.8) is 0 Å². The van der Waals surface area contributed by atoms with Crippen LogP contribution < -0.4 is 174 Å². The second kappa shape index (κ2) is 32.7. The SMILES string of the molecule is CC(=O)Nc1ccc2c([O-])c(N=Nc3c([O-])cc(N=Nc4ccc(C=Cc5ccc(-n6nc(C)[c-](N=Nc7ccc(S(=O)(=O)[O-])cc7C(=O)[O-])c6=O)cc5S(=O)(=O)[O-])c(S(=O)(=O)[O-])c4)c4cc(S(=O)(=O)[O-])ccc34)c(S(=O)(=O)[O-])cc2c1.[Cu+2].[Cu+2].[Na+].[Na+].[Na+].[Na+].[Na+]. The Bertz CT molecular complexity index is 4930. The molecule has 0 fully saturated rings. The van der Waals surface area contributed by atoms with Gasteiger partial charge >= 0.3 is 182 Å². The van der Waals surface area contributed by atoms with E-state index in [2.05, 4.69) is 41.1 Å². The number of carbonyl (C=O) groups is 2. The van der Waals surface area contributed by atoms with Crippen molar-refractivity contribution in [1.29, 1.82) is 0 Å². The molecule has 2 radical (unpaired) electrons. The molecule has 1 aromatic heterocycles. The number of amides is 1. The van der Waals surface area contributed by atoms with E-state index in [1.165, 1.54) is 32.0 Å². The predicted octanol–water partition coefficient (Wildman–Crippen LogP) is -11.0. The number of aromatic nitrogens is 2. The number of carboxylic acid groups (broad SMARTS) is 1. The van der Waals surface area contributed by atoms with Gasteiger partial charge in [0.15, 0.2) is 0 Å². The molecule has 0 bridgehead atoms. The number of aryl methyl sites for hydroxylation is 1. The summed E-state index contributed by atoms with van der Waals surface area (Å²) in [6.45, 7) is 2.41. The summed E-state index contributed by atoms with van der Waals surface area (Å²) in [6, 6.07) is 14.9. The summed E-state index contributed by atoms with van der Waals surface area (Å²) < 4.78 is 184. The van der Waals surface area contributed by atoms with Crippen LogP contribution in [0, 0.1) is 6.92 Å². The monoisotopic (exact) mass is 1450 g/mol. The fourth-order valence-electron chi connectivity index (χ4n) is 7.74. The Morgan fingerprint density at radius 3 is 1.66 bits per heavy atom. The van der Waals surface area contributed by atoms with Gasteiger partial charge in [-0.25, -0.2) is 51.9 Å². The third-order valence-electron chi connectivity index (χ3n) is 11.4. The maximum atomic E-state index is 13.6. The quantitative estimate of drug-likeness (QED) is 0.0308. The molecule has 7 aromatic carbocycles. The molecule has 8 aromatic rings. The molecule has 0 unspecified atom stereocenters. The standard InChI is InChI=1S/C47H34N9O21S5.2Cu.5Na/c1-22-42(52-50-36-14-11-31(79(66,67)68)20-35(36)47(61)62)46(60)56(55-22)29-9-6-25(40(18-29)81(72,73)74)4-3-24-5-7-28(17-39(24)80(69,70)71)49-51-37-21-38(58)43(33-13-10-30(19-34(33)37)78(63,64)65)53-54-44-41(82(75,76)77)16-26-15-27(48-23(2)57)8-12-32(26)45(44)59;;;;;;;/h3-21,58-59H,1-2H3,(H,48,57)(H,61,62)(H,63,64,65)(H,66,67,68)(H,69,70,71)(H,72,73,74)(H,75,76,77);;;;;;;/q-1;2*+2;5*+1/p-8. The van der Waals surface area contributed by atoms with E-state index in [0.717, 1.165) is 72.8 Å². The molecule has 0 aliphatic carbocycles. The largest absolute Gasteiger partial charge is 2.00 e. The molecule has 442 valence electrons. The number of carbonyl (C=O) groups excluding carboxylic acids is 2. The van der Waals surface area contributed by atoms with E-state index >= 15 is 0 Å². The molecule has 42 heteroatoms. The Labute approximate surface area is 635 Å². The molecule has 1 amide bonds. The third kappa shape index (κ3) is 19.7. The van der Waals surface area contributed by atoms with Gasteiger partial charge in [0, 0.05) is 28.9 Å². The first-order chi connectivity index (χ1) is 38.1. The van der Waals surface area contributed by atoms with Gasteiger partial charge in [-0.15, -0.1) is 15.9 Å². The number of hydrogen-bond donors (Lipinski definition) is 1. The van der Waals surface area contributed by atoms with Crippen molar-refractivity contribution in [2.24, 2.45) is 30.7 Å². The van der Waals surface area contributed by atoms with E-state index in [0.29, 0.717) is 28.9 Å². The number of benzene rings is 7. The van der Waals surface area contributed by atoms with Crippen molar-refractivity contribution < 1.29 is 272 Å². The van der Waals surface area contributed by atoms with Crippen LogP contribution in [0.4, 0.5) is 39.8 Å². The number of rotatable bonds is 16. The second-order valence-corrected chi connectivity index (χ2v) is 23.7. The molecular weight excluding hydrogens is 1430 g/mol. The zero-order chi connectivity index (χ0) is 60.2. The van der Waals surface area contributed by atoms with Gasteiger partial charge in [0.2, 0.25) is 5.91 Å². The van der Waals surface area contributed by atoms with E-state index in [1.54, 1.807) is 0 Å². The van der Waals surface area contributed by atoms with Gasteiger partial charge in [0.05, 0.1) is 64.6 Å². The minimum atomic E-state index is -5.50. The maximum Gasteiger partial charge on any atom is 2.00 e. The van der Waals surface area contributed by atoms with Crippen LogP contribution in [-0.2, 0) is 89.5 Å². The summed E-state index contributed by atoms with van der Waals surface area (Å²) in [7, 11) is -26.8. The number of carboxylic acids is 1. The summed E-state index contributed by atoms with van der Waals surface area (Å²) in [5.74, 6) is -4.77. The molecule has 0 aliphatic rings. The van der Waals surface area contributed by atoms with Crippen LogP contribution in [0.3, 0.4) is 0 Å². The second-order valence-electron chi connectivity index (χ2n) is 16.9. The Morgan fingerprint density at radius 2 is 1.10 bits per heavy atom. The van der Waals surface area contributed by atoms with Crippen molar-refractivity contribution in [3.8, 4) is 17.2 Å². The minimum absolute atomic E-state index is 0. The van der Waals surface area contributed by atoms with Gasteiger partial charge in [0.25, 0.3) is 0 Å². The van der Waals surface area contributed by atoms with Gasteiger partial charge in [-0.1, -0.05) is 60.5 Å². The van der Waals surface area contributed by atoms with Gasteiger partial charge in [-0.3, -0.25) is 4.79 Å². The van der Waals surface area contributed by atoms with Crippen molar-refractivity contribution in [2.75, 3.05) is 5.32 Å². The van der Waals surface area contributed by atoms with E-state index < -0.39 is 155 Å². The molecule has 1 N–H and O–H groups in total. The molecule has 0 aliphatic heterocycles. The van der Waals surface area contributed by atoms with E-state index in [1.807, 2.05) is 0 Å². The number of hydrogen-bond acceptors (Lipinski definition) is 28. The number of nitrogens with one attached hydrogen (secondary N) is 1. The van der Waals surface area contributed by atoms with Gasteiger partial charge in [-0.05, 0) is 101 Å². The Hall–Kier alpha value is -3.26. The van der Waals surface area contributed by atoms with Crippen molar-refractivity contribution >= 4 is 136 Å². The topological polar surface area (TPSA) is 510 Å². The van der Waals surface area contributed by atoms with Crippen LogP contribution in [0.5, 0.6) is 11.5 Å². The molecule has 8 rings (SSSR count). The smallest absolute Gasteiger partial charge is 0.871 e. The molecule has 0 saturated heterocycles. The maximum absolute atomic E-state index is 13.6. The summed E-state index contributed by atoms with van der Waals surface area (Å²) in [5, 5.41) is 66.7. The molecule has 0 saturated carbocycles. The fourth-order valence-corrected chi connectivity index (χ4v) is 10.8. The normalized spacial score (nSPS) is 11.9. The van der Waals surface area contributed by atoms with Gasteiger partial charge in [0.1, 0.15) is 56.1 Å². The van der Waals surface area contributed by atoms with Crippen LogP contribution >= 0.6 is 0 Å².